The standard InChI is InChI=1S/C19H15BrFNO3S2/c20-18-14-8-7-13-17(18)19(21)26(23,15-9-3-1-4-10-15)22-27(24,25)16-11-5-2-6-12-16/h1-14,19H/t19-,26-/m1/s1. The molecule has 140 valence electrons. The predicted molar refractivity (Wildman–Crippen MR) is 107 cm³/mol. The maximum absolute atomic E-state index is 15.5. The molecule has 0 fully saturated rings. The van der Waals surface area contributed by atoms with Gasteiger partial charge in [0.05, 0.1) is 9.79 Å². The minimum absolute atomic E-state index is 0.00718. The van der Waals surface area contributed by atoms with Crippen LogP contribution in [0.15, 0.2) is 103 Å². The van der Waals surface area contributed by atoms with Gasteiger partial charge >= 0.3 is 0 Å². The molecule has 0 aromatic heterocycles. The van der Waals surface area contributed by atoms with Crippen LogP contribution >= 0.6 is 15.9 Å². The van der Waals surface area contributed by atoms with E-state index >= 15 is 4.39 Å². The van der Waals surface area contributed by atoms with Gasteiger partial charge in [0.1, 0.15) is 9.73 Å². The highest BCUT2D eigenvalue weighted by Gasteiger charge is 2.31. The Balaban J connectivity index is 2.27. The van der Waals surface area contributed by atoms with Gasteiger partial charge in [0.25, 0.3) is 10.0 Å². The molecule has 2 atom stereocenters. The highest BCUT2D eigenvalue weighted by molar-refractivity contribution is 9.10. The lowest BCUT2D eigenvalue weighted by molar-refractivity contribution is 0.449. The van der Waals surface area contributed by atoms with Crippen molar-refractivity contribution in [3.8, 4) is 0 Å². The zero-order chi connectivity index (χ0) is 19.5. The second kappa shape index (κ2) is 7.92. The minimum Gasteiger partial charge on any atom is -0.240 e. The van der Waals surface area contributed by atoms with Crippen LogP contribution in [0.5, 0.6) is 0 Å². The second-order valence-electron chi connectivity index (χ2n) is 5.58. The molecule has 0 aliphatic carbocycles. The highest BCUT2D eigenvalue weighted by atomic mass is 79.9. The predicted octanol–water partition coefficient (Wildman–Crippen LogP) is 5.33. The molecule has 0 radical (unpaired) electrons. The monoisotopic (exact) mass is 467 g/mol. The quantitative estimate of drug-likeness (QED) is 0.508. The Hall–Kier alpha value is -2.03. The molecule has 0 saturated carbocycles. The summed E-state index contributed by atoms with van der Waals surface area (Å²) < 4.78 is 58.6. The van der Waals surface area contributed by atoms with E-state index in [9.17, 15) is 12.6 Å². The van der Waals surface area contributed by atoms with Gasteiger partial charge in [0.2, 0.25) is 5.50 Å². The Kier molecular flexibility index (Phi) is 5.78. The maximum atomic E-state index is 15.5. The summed E-state index contributed by atoms with van der Waals surface area (Å²) in [7, 11) is -8.33. The molecule has 27 heavy (non-hydrogen) atoms. The van der Waals surface area contributed by atoms with Crippen molar-refractivity contribution in [1.29, 1.82) is 0 Å². The highest BCUT2D eigenvalue weighted by Crippen LogP contribution is 2.37. The largest absolute Gasteiger partial charge is 0.290 e. The van der Waals surface area contributed by atoms with Crippen molar-refractivity contribution in [3.63, 3.8) is 0 Å². The van der Waals surface area contributed by atoms with E-state index in [1.165, 1.54) is 42.5 Å². The molecule has 0 heterocycles. The summed E-state index contributed by atoms with van der Waals surface area (Å²) in [5.41, 5.74) is -2.08. The topological polar surface area (TPSA) is 63.6 Å². The van der Waals surface area contributed by atoms with Crippen LogP contribution in [0.3, 0.4) is 0 Å². The maximum Gasteiger partial charge on any atom is 0.290 e. The molecule has 3 aromatic rings. The number of alkyl halides is 1. The zero-order valence-corrected chi connectivity index (χ0v) is 17.1. The first kappa shape index (κ1) is 19.7. The molecule has 0 N–H and O–H groups in total. The number of benzene rings is 3. The van der Waals surface area contributed by atoms with Crippen LogP contribution in [0.2, 0.25) is 0 Å². The molecule has 3 rings (SSSR count). The molecule has 0 aliphatic heterocycles. The third kappa shape index (κ3) is 4.12. The Morgan fingerprint density at radius 1 is 0.741 bits per heavy atom. The smallest absolute Gasteiger partial charge is 0.240 e. The molecule has 0 unspecified atom stereocenters. The molecule has 0 bridgehead atoms. The Bertz CT molecular complexity index is 1160. The van der Waals surface area contributed by atoms with Gasteiger partial charge in [0.15, 0.2) is 0 Å². The second-order valence-corrected chi connectivity index (χ2v) is 10.5. The number of hydrogen-bond acceptors (Lipinski definition) is 3. The van der Waals surface area contributed by atoms with Gasteiger partial charge in [-0.05, 0) is 30.3 Å². The normalized spacial score (nSPS) is 14.9. The average molecular weight is 468 g/mol. The van der Waals surface area contributed by atoms with Crippen LogP contribution in [0.4, 0.5) is 4.39 Å². The van der Waals surface area contributed by atoms with Gasteiger partial charge in [-0.1, -0.05) is 74.3 Å². The number of rotatable bonds is 5. The molecule has 0 saturated heterocycles. The summed E-state index contributed by atoms with van der Waals surface area (Å²) in [6, 6.07) is 21.3. The van der Waals surface area contributed by atoms with Crippen molar-refractivity contribution in [2.45, 2.75) is 15.3 Å². The number of sulfonamides is 1. The van der Waals surface area contributed by atoms with Crippen LogP contribution < -0.4 is 0 Å². The lowest BCUT2D eigenvalue weighted by atomic mass is 10.2. The summed E-state index contributed by atoms with van der Waals surface area (Å²) in [5, 5.41) is 0. The van der Waals surface area contributed by atoms with Crippen molar-refractivity contribution in [1.82, 2.24) is 0 Å². The zero-order valence-electron chi connectivity index (χ0n) is 13.9. The number of halogens is 2. The molecule has 0 spiro atoms. The van der Waals surface area contributed by atoms with E-state index in [0.717, 1.165) is 0 Å². The molecule has 0 aliphatic rings. The van der Waals surface area contributed by atoms with Crippen LogP contribution in [-0.2, 0) is 19.8 Å². The average Bonchev–Trinajstić information content (AvgIpc) is 2.69. The van der Waals surface area contributed by atoms with Crippen molar-refractivity contribution in [2.75, 3.05) is 0 Å². The van der Waals surface area contributed by atoms with Crippen molar-refractivity contribution < 1.29 is 17.0 Å². The first-order chi connectivity index (χ1) is 12.8. The van der Waals surface area contributed by atoms with Crippen LogP contribution in [0, 0.1) is 0 Å². The van der Waals surface area contributed by atoms with Gasteiger partial charge in [0, 0.05) is 10.0 Å². The van der Waals surface area contributed by atoms with E-state index in [2.05, 4.69) is 19.7 Å². The van der Waals surface area contributed by atoms with Gasteiger partial charge in [-0.3, -0.25) is 0 Å². The Morgan fingerprint density at radius 3 is 1.78 bits per heavy atom. The van der Waals surface area contributed by atoms with E-state index in [0.29, 0.717) is 4.47 Å². The SMILES string of the molecule is O=S(=O)(N=[S@@](=O)(c1ccccc1)[C@@H](F)c1ccccc1Br)c1ccccc1. The fourth-order valence-electron chi connectivity index (χ4n) is 2.43. The van der Waals surface area contributed by atoms with Crippen molar-refractivity contribution in [2.24, 2.45) is 3.77 Å². The number of hydrogen-bond donors (Lipinski definition) is 0. The van der Waals surface area contributed by atoms with E-state index in [-0.39, 0.29) is 15.4 Å². The van der Waals surface area contributed by atoms with Gasteiger partial charge in [-0.25, -0.2) is 8.60 Å². The van der Waals surface area contributed by atoms with Crippen LogP contribution in [0.1, 0.15) is 11.1 Å². The lowest BCUT2D eigenvalue weighted by Gasteiger charge is -2.16. The summed E-state index contributed by atoms with van der Waals surface area (Å²) in [4.78, 5) is -0.138. The van der Waals surface area contributed by atoms with E-state index in [4.69, 9.17) is 0 Å². The fourth-order valence-corrected chi connectivity index (χ4v) is 7.06. The fraction of sp³-hybridized carbons (Fsp3) is 0.0526. The van der Waals surface area contributed by atoms with E-state index < -0.39 is 25.3 Å². The summed E-state index contributed by atoms with van der Waals surface area (Å²) in [5.74, 6) is 0. The molecule has 3 aromatic carbocycles. The summed E-state index contributed by atoms with van der Waals surface area (Å²) >= 11 is 3.23. The first-order valence-corrected chi connectivity index (χ1v) is 11.7. The summed E-state index contributed by atoms with van der Waals surface area (Å²) in [6.45, 7) is 0. The molecule has 8 heteroatoms. The minimum atomic E-state index is -4.34. The molecule has 0 amide bonds. The van der Waals surface area contributed by atoms with E-state index in [1.54, 1.807) is 42.5 Å². The molecular formula is C19H15BrFNO3S2. The van der Waals surface area contributed by atoms with Gasteiger partial charge in [-0.2, -0.15) is 8.42 Å². The molecular weight excluding hydrogens is 453 g/mol. The number of nitrogens with zero attached hydrogens (tertiary/aromatic N) is 1. The van der Waals surface area contributed by atoms with Crippen molar-refractivity contribution >= 4 is 35.7 Å². The molecule has 4 nitrogen and oxygen atoms in total. The van der Waals surface area contributed by atoms with E-state index in [1.807, 2.05) is 0 Å². The van der Waals surface area contributed by atoms with Gasteiger partial charge < -0.3 is 0 Å². The third-order valence-corrected chi connectivity index (χ3v) is 8.78. The van der Waals surface area contributed by atoms with Crippen LogP contribution in [0.25, 0.3) is 0 Å². The summed E-state index contributed by atoms with van der Waals surface area (Å²) in [6.07, 6.45) is 0. The van der Waals surface area contributed by atoms with Gasteiger partial charge in [-0.15, -0.1) is 0 Å². The lowest BCUT2D eigenvalue weighted by Crippen LogP contribution is -2.13. The van der Waals surface area contributed by atoms with Crippen molar-refractivity contribution in [3.05, 3.63) is 95.0 Å². The van der Waals surface area contributed by atoms with Crippen LogP contribution in [-0.4, -0.2) is 12.6 Å². The Morgan fingerprint density at radius 2 is 1.22 bits per heavy atom. The third-order valence-electron chi connectivity index (χ3n) is 3.76. The first-order valence-electron chi connectivity index (χ1n) is 7.85. The Labute approximate surface area is 166 Å².